The predicted octanol–water partition coefficient (Wildman–Crippen LogP) is 3.52. The first-order valence-corrected chi connectivity index (χ1v) is 9.41. The molecule has 1 unspecified atom stereocenters. The molecule has 0 radical (unpaired) electrons. The standard InChI is InChI=1S/C20H35N3O2.HI/c1-5-7-18(11-13-24)15-23-20(21-6-2)22-12-10-17-9-8-16(3)19(14-17)25-4;/h8-9,14,18,24H,5-7,10-13,15H2,1-4H3,(H2,21,22,23);1H. The van der Waals surface area contributed by atoms with Crippen molar-refractivity contribution in [1.29, 1.82) is 0 Å². The van der Waals surface area contributed by atoms with E-state index in [9.17, 15) is 5.11 Å². The zero-order chi connectivity index (χ0) is 18.5. The molecule has 0 heterocycles. The maximum absolute atomic E-state index is 9.17. The van der Waals surface area contributed by atoms with Crippen molar-refractivity contribution in [3.63, 3.8) is 0 Å². The molecule has 0 bridgehead atoms. The van der Waals surface area contributed by atoms with E-state index in [1.165, 1.54) is 5.56 Å². The van der Waals surface area contributed by atoms with Gasteiger partial charge in [-0.2, -0.15) is 0 Å². The van der Waals surface area contributed by atoms with Gasteiger partial charge in [-0.05, 0) is 56.2 Å². The summed E-state index contributed by atoms with van der Waals surface area (Å²) in [5.41, 5.74) is 2.40. The second-order valence-corrected chi connectivity index (χ2v) is 6.37. The summed E-state index contributed by atoms with van der Waals surface area (Å²) in [6.45, 7) is 8.93. The molecule has 0 amide bonds. The van der Waals surface area contributed by atoms with Crippen LogP contribution in [0.15, 0.2) is 23.2 Å². The first-order valence-electron chi connectivity index (χ1n) is 9.41. The number of hydrogen-bond acceptors (Lipinski definition) is 3. The average molecular weight is 477 g/mol. The van der Waals surface area contributed by atoms with Crippen molar-refractivity contribution in [2.75, 3.05) is 33.4 Å². The Hall–Kier alpha value is -1.02. The van der Waals surface area contributed by atoms with Gasteiger partial charge >= 0.3 is 0 Å². The number of aryl methyl sites for hydroxylation is 1. The highest BCUT2D eigenvalue weighted by molar-refractivity contribution is 14.0. The Labute approximate surface area is 176 Å². The molecule has 0 fully saturated rings. The van der Waals surface area contributed by atoms with Crippen LogP contribution in [0.25, 0.3) is 0 Å². The molecule has 6 heteroatoms. The first kappa shape index (κ1) is 25.0. The largest absolute Gasteiger partial charge is 0.496 e. The Morgan fingerprint density at radius 1 is 1.23 bits per heavy atom. The van der Waals surface area contributed by atoms with Gasteiger partial charge in [-0.1, -0.05) is 25.5 Å². The Morgan fingerprint density at radius 3 is 2.62 bits per heavy atom. The molecule has 0 spiro atoms. The molecule has 1 aromatic rings. The van der Waals surface area contributed by atoms with Crippen molar-refractivity contribution in [1.82, 2.24) is 10.6 Å². The Bertz CT molecular complexity index is 518. The lowest BCUT2D eigenvalue weighted by molar-refractivity contribution is 0.253. The van der Waals surface area contributed by atoms with Gasteiger partial charge in [-0.3, -0.25) is 4.99 Å². The van der Waals surface area contributed by atoms with E-state index in [-0.39, 0.29) is 30.6 Å². The number of aliphatic hydroxyl groups excluding tert-OH is 1. The van der Waals surface area contributed by atoms with Crippen molar-refractivity contribution >= 4 is 29.9 Å². The number of rotatable bonds is 11. The van der Waals surface area contributed by atoms with Crippen LogP contribution in [0.1, 0.15) is 44.2 Å². The van der Waals surface area contributed by atoms with Crippen molar-refractivity contribution in [3.8, 4) is 5.75 Å². The number of ether oxygens (including phenoxy) is 1. The minimum Gasteiger partial charge on any atom is -0.496 e. The van der Waals surface area contributed by atoms with Crippen LogP contribution in [-0.4, -0.2) is 44.4 Å². The summed E-state index contributed by atoms with van der Waals surface area (Å²) in [5, 5.41) is 15.9. The monoisotopic (exact) mass is 477 g/mol. The van der Waals surface area contributed by atoms with Crippen LogP contribution in [0.2, 0.25) is 0 Å². The van der Waals surface area contributed by atoms with E-state index in [1.807, 2.05) is 0 Å². The number of aliphatic hydroxyl groups is 1. The summed E-state index contributed by atoms with van der Waals surface area (Å²) in [6, 6.07) is 6.33. The van der Waals surface area contributed by atoms with Gasteiger partial charge in [0.15, 0.2) is 5.96 Å². The lowest BCUT2D eigenvalue weighted by Crippen LogP contribution is -2.38. The minimum atomic E-state index is 0. The van der Waals surface area contributed by atoms with Gasteiger partial charge in [0.05, 0.1) is 7.11 Å². The molecule has 1 atom stereocenters. The van der Waals surface area contributed by atoms with Crippen molar-refractivity contribution < 1.29 is 9.84 Å². The number of nitrogens with one attached hydrogen (secondary N) is 2. The third-order valence-corrected chi connectivity index (χ3v) is 4.26. The van der Waals surface area contributed by atoms with Crippen molar-refractivity contribution in [3.05, 3.63) is 29.3 Å². The predicted molar refractivity (Wildman–Crippen MR) is 121 cm³/mol. The van der Waals surface area contributed by atoms with Crippen molar-refractivity contribution in [2.24, 2.45) is 10.9 Å². The topological polar surface area (TPSA) is 65.9 Å². The van der Waals surface area contributed by atoms with Crippen LogP contribution in [0.3, 0.4) is 0 Å². The van der Waals surface area contributed by atoms with E-state index < -0.39 is 0 Å². The van der Waals surface area contributed by atoms with Crippen LogP contribution in [-0.2, 0) is 6.42 Å². The fourth-order valence-electron chi connectivity index (χ4n) is 2.83. The number of aliphatic imine (C=N–C) groups is 1. The Balaban J connectivity index is 0.00000625. The molecule has 5 nitrogen and oxygen atoms in total. The smallest absolute Gasteiger partial charge is 0.191 e. The molecule has 3 N–H and O–H groups in total. The summed E-state index contributed by atoms with van der Waals surface area (Å²) in [6.07, 6.45) is 3.96. The van der Waals surface area contributed by atoms with Gasteiger partial charge in [0.25, 0.3) is 0 Å². The number of nitrogens with zero attached hydrogens (tertiary/aromatic N) is 1. The highest BCUT2D eigenvalue weighted by Crippen LogP contribution is 2.19. The molecule has 1 rings (SSSR count). The zero-order valence-corrected chi connectivity index (χ0v) is 19.0. The number of hydrogen-bond donors (Lipinski definition) is 3. The normalized spacial score (nSPS) is 12.3. The lowest BCUT2D eigenvalue weighted by atomic mass is 10.0. The van der Waals surface area contributed by atoms with Gasteiger partial charge in [0.1, 0.15) is 5.75 Å². The van der Waals surface area contributed by atoms with Gasteiger partial charge in [0, 0.05) is 26.2 Å². The highest BCUT2D eigenvalue weighted by atomic mass is 127. The van der Waals surface area contributed by atoms with E-state index in [1.54, 1.807) is 7.11 Å². The summed E-state index contributed by atoms with van der Waals surface area (Å²) in [5.74, 6) is 2.23. The number of methoxy groups -OCH3 is 1. The minimum absolute atomic E-state index is 0. The lowest BCUT2D eigenvalue weighted by Gasteiger charge is -2.15. The molecule has 0 aromatic heterocycles. The van der Waals surface area contributed by atoms with Gasteiger partial charge < -0.3 is 20.5 Å². The second kappa shape index (κ2) is 15.1. The SMILES string of the molecule is CCCC(CCO)CN=C(NCC)NCCc1ccc(C)c(OC)c1.I. The number of benzene rings is 1. The fourth-order valence-corrected chi connectivity index (χ4v) is 2.83. The highest BCUT2D eigenvalue weighted by Gasteiger charge is 2.07. The molecular weight excluding hydrogens is 441 g/mol. The van der Waals surface area contributed by atoms with Crippen LogP contribution >= 0.6 is 24.0 Å². The summed E-state index contributed by atoms with van der Waals surface area (Å²) in [4.78, 5) is 4.69. The second-order valence-electron chi connectivity index (χ2n) is 6.37. The first-order chi connectivity index (χ1) is 12.1. The van der Waals surface area contributed by atoms with E-state index in [0.717, 1.165) is 62.6 Å². The van der Waals surface area contributed by atoms with E-state index in [4.69, 9.17) is 4.74 Å². The molecule has 0 aliphatic rings. The van der Waals surface area contributed by atoms with Crippen LogP contribution in [0.5, 0.6) is 5.75 Å². The molecule has 150 valence electrons. The van der Waals surface area contributed by atoms with Crippen LogP contribution in [0, 0.1) is 12.8 Å². The van der Waals surface area contributed by atoms with Crippen LogP contribution < -0.4 is 15.4 Å². The average Bonchev–Trinajstić information content (AvgIpc) is 2.61. The molecule has 1 aromatic carbocycles. The van der Waals surface area contributed by atoms with Gasteiger partial charge in [-0.25, -0.2) is 0 Å². The van der Waals surface area contributed by atoms with Gasteiger partial charge in [-0.15, -0.1) is 24.0 Å². The fraction of sp³-hybridized carbons (Fsp3) is 0.650. The quantitative estimate of drug-likeness (QED) is 0.259. The third-order valence-electron chi connectivity index (χ3n) is 4.26. The molecule has 0 aliphatic carbocycles. The van der Waals surface area contributed by atoms with Crippen LogP contribution in [0.4, 0.5) is 0 Å². The van der Waals surface area contributed by atoms with Crippen molar-refractivity contribution in [2.45, 2.75) is 46.5 Å². The van der Waals surface area contributed by atoms with E-state index in [2.05, 4.69) is 54.6 Å². The maximum atomic E-state index is 9.17. The van der Waals surface area contributed by atoms with E-state index >= 15 is 0 Å². The summed E-state index contributed by atoms with van der Waals surface area (Å²) in [7, 11) is 1.71. The molecule has 26 heavy (non-hydrogen) atoms. The third kappa shape index (κ3) is 9.62. The molecule has 0 aliphatic heterocycles. The Kier molecular flexibility index (Phi) is 14.5. The van der Waals surface area contributed by atoms with E-state index in [0.29, 0.717) is 5.92 Å². The molecular formula is C20H36IN3O2. The Morgan fingerprint density at radius 2 is 2.00 bits per heavy atom. The summed E-state index contributed by atoms with van der Waals surface area (Å²) < 4.78 is 5.39. The number of halogens is 1. The number of guanidine groups is 1. The zero-order valence-electron chi connectivity index (χ0n) is 16.7. The summed E-state index contributed by atoms with van der Waals surface area (Å²) >= 11 is 0. The molecule has 0 saturated carbocycles. The molecule has 0 saturated heterocycles. The maximum Gasteiger partial charge on any atom is 0.191 e. The van der Waals surface area contributed by atoms with Gasteiger partial charge in [0.2, 0.25) is 0 Å².